The molecule has 0 saturated heterocycles. The van der Waals surface area contributed by atoms with Crippen molar-refractivity contribution in [2.45, 2.75) is 25.7 Å². The van der Waals surface area contributed by atoms with Gasteiger partial charge in [-0.1, -0.05) is 30.3 Å². The van der Waals surface area contributed by atoms with Gasteiger partial charge < -0.3 is 10.5 Å². The molecule has 0 aliphatic heterocycles. The average molecular weight is 233 g/mol. The van der Waals surface area contributed by atoms with Crippen LogP contribution in [-0.4, -0.2) is 19.1 Å². The van der Waals surface area contributed by atoms with Crippen LogP contribution in [0.3, 0.4) is 0 Å². The summed E-state index contributed by atoms with van der Waals surface area (Å²) in [5, 5.41) is 0. The Hall–Kier alpha value is -1.35. The summed E-state index contributed by atoms with van der Waals surface area (Å²) in [6.45, 7) is 2.64. The average Bonchev–Trinajstić information content (AvgIpc) is 2.30. The minimum absolute atomic E-state index is 0.130. The highest BCUT2D eigenvalue weighted by Crippen LogP contribution is 2.51. The van der Waals surface area contributed by atoms with E-state index < -0.39 is 5.41 Å². The molecule has 0 unspecified atom stereocenters. The van der Waals surface area contributed by atoms with Crippen molar-refractivity contribution < 1.29 is 9.53 Å². The number of esters is 1. The van der Waals surface area contributed by atoms with Crippen LogP contribution in [0.4, 0.5) is 0 Å². The number of benzene rings is 1. The summed E-state index contributed by atoms with van der Waals surface area (Å²) in [7, 11) is 0. The molecule has 1 aromatic carbocycles. The maximum atomic E-state index is 11.9. The van der Waals surface area contributed by atoms with Gasteiger partial charge in [-0.05, 0) is 31.2 Å². The Morgan fingerprint density at radius 3 is 2.59 bits per heavy atom. The van der Waals surface area contributed by atoms with Crippen molar-refractivity contribution in [1.29, 1.82) is 0 Å². The smallest absolute Gasteiger partial charge is 0.313 e. The van der Waals surface area contributed by atoms with Gasteiger partial charge in [-0.2, -0.15) is 0 Å². The summed E-state index contributed by atoms with van der Waals surface area (Å²) in [6, 6.07) is 10.3. The minimum Gasteiger partial charge on any atom is -0.466 e. The van der Waals surface area contributed by atoms with Crippen LogP contribution in [0.15, 0.2) is 30.3 Å². The molecule has 2 N–H and O–H groups in total. The SMILES string of the molecule is CCOC(=O)C1(CN)CC(c2ccccc2)C1. The lowest BCUT2D eigenvalue weighted by Gasteiger charge is -2.45. The van der Waals surface area contributed by atoms with Gasteiger partial charge in [0.05, 0.1) is 12.0 Å². The number of rotatable bonds is 4. The molecule has 1 fully saturated rings. The minimum atomic E-state index is -0.434. The van der Waals surface area contributed by atoms with E-state index in [1.807, 2.05) is 25.1 Å². The summed E-state index contributed by atoms with van der Waals surface area (Å²) in [5.41, 5.74) is 6.60. The van der Waals surface area contributed by atoms with Crippen LogP contribution in [0.1, 0.15) is 31.2 Å². The first-order valence-electron chi connectivity index (χ1n) is 6.14. The van der Waals surface area contributed by atoms with Crippen molar-refractivity contribution in [2.75, 3.05) is 13.2 Å². The summed E-state index contributed by atoms with van der Waals surface area (Å²) < 4.78 is 5.11. The number of carbonyl (C=O) groups excluding carboxylic acids is 1. The van der Waals surface area contributed by atoms with Gasteiger partial charge in [-0.15, -0.1) is 0 Å². The molecule has 1 aromatic rings. The molecule has 92 valence electrons. The van der Waals surface area contributed by atoms with E-state index in [2.05, 4.69) is 12.1 Å². The monoisotopic (exact) mass is 233 g/mol. The second-order valence-electron chi connectivity index (χ2n) is 4.72. The third-order valence-corrected chi connectivity index (χ3v) is 3.64. The first-order chi connectivity index (χ1) is 8.22. The lowest BCUT2D eigenvalue weighted by atomic mass is 9.60. The largest absolute Gasteiger partial charge is 0.466 e. The Morgan fingerprint density at radius 1 is 1.41 bits per heavy atom. The molecule has 0 bridgehead atoms. The first-order valence-corrected chi connectivity index (χ1v) is 6.14. The molecule has 1 aliphatic rings. The van der Waals surface area contributed by atoms with Crippen molar-refractivity contribution in [3.63, 3.8) is 0 Å². The molecule has 0 amide bonds. The van der Waals surface area contributed by atoms with E-state index in [1.165, 1.54) is 5.56 Å². The van der Waals surface area contributed by atoms with E-state index in [0.29, 0.717) is 19.1 Å². The summed E-state index contributed by atoms with van der Waals surface area (Å²) in [4.78, 5) is 11.9. The fraction of sp³-hybridized carbons (Fsp3) is 0.500. The topological polar surface area (TPSA) is 52.3 Å². The zero-order valence-corrected chi connectivity index (χ0v) is 10.2. The Morgan fingerprint density at radius 2 is 2.06 bits per heavy atom. The van der Waals surface area contributed by atoms with E-state index in [-0.39, 0.29) is 5.97 Å². The molecule has 1 saturated carbocycles. The predicted octanol–water partition coefficient (Wildman–Crippen LogP) is 2.07. The third kappa shape index (κ3) is 2.20. The lowest BCUT2D eigenvalue weighted by molar-refractivity contribution is -0.161. The lowest BCUT2D eigenvalue weighted by Crippen LogP contribution is -2.49. The summed E-state index contributed by atoms with van der Waals surface area (Å²) in [6.07, 6.45) is 1.62. The Bertz CT molecular complexity index is 382. The molecule has 0 spiro atoms. The molecule has 3 heteroatoms. The molecule has 2 rings (SSSR count). The van der Waals surface area contributed by atoms with E-state index in [4.69, 9.17) is 10.5 Å². The Balaban J connectivity index is 2.02. The van der Waals surface area contributed by atoms with Crippen molar-refractivity contribution in [2.24, 2.45) is 11.1 Å². The highest BCUT2D eigenvalue weighted by atomic mass is 16.5. The molecule has 3 nitrogen and oxygen atoms in total. The number of nitrogens with two attached hydrogens (primary N) is 1. The van der Waals surface area contributed by atoms with Crippen molar-refractivity contribution >= 4 is 5.97 Å². The van der Waals surface area contributed by atoms with Gasteiger partial charge >= 0.3 is 5.97 Å². The molecule has 17 heavy (non-hydrogen) atoms. The fourth-order valence-electron chi connectivity index (χ4n) is 2.55. The van der Waals surface area contributed by atoms with E-state index in [0.717, 1.165) is 12.8 Å². The van der Waals surface area contributed by atoms with Crippen LogP contribution in [0.2, 0.25) is 0 Å². The Kier molecular flexibility index (Phi) is 3.48. The molecule has 0 radical (unpaired) electrons. The fourth-order valence-corrected chi connectivity index (χ4v) is 2.55. The zero-order valence-electron chi connectivity index (χ0n) is 10.2. The quantitative estimate of drug-likeness (QED) is 0.810. The van der Waals surface area contributed by atoms with E-state index in [9.17, 15) is 4.79 Å². The normalized spacial score (nSPS) is 27.3. The van der Waals surface area contributed by atoms with Gasteiger partial charge in [0.1, 0.15) is 0 Å². The molecular formula is C14H19NO2. The van der Waals surface area contributed by atoms with Crippen molar-refractivity contribution in [1.82, 2.24) is 0 Å². The van der Waals surface area contributed by atoms with Crippen LogP contribution in [0.25, 0.3) is 0 Å². The second kappa shape index (κ2) is 4.88. The second-order valence-corrected chi connectivity index (χ2v) is 4.72. The Labute approximate surface area is 102 Å². The maximum absolute atomic E-state index is 11.9. The van der Waals surface area contributed by atoms with Gasteiger partial charge in [0, 0.05) is 6.54 Å². The van der Waals surface area contributed by atoms with Gasteiger partial charge in [0.15, 0.2) is 0 Å². The number of hydrogen-bond donors (Lipinski definition) is 1. The summed E-state index contributed by atoms with van der Waals surface area (Å²) >= 11 is 0. The highest BCUT2D eigenvalue weighted by Gasteiger charge is 2.50. The zero-order chi connectivity index (χ0) is 12.3. The van der Waals surface area contributed by atoms with Crippen molar-refractivity contribution in [3.05, 3.63) is 35.9 Å². The van der Waals surface area contributed by atoms with Gasteiger partial charge in [0.2, 0.25) is 0 Å². The van der Waals surface area contributed by atoms with Crippen LogP contribution in [-0.2, 0) is 9.53 Å². The van der Waals surface area contributed by atoms with Crippen LogP contribution in [0.5, 0.6) is 0 Å². The standard InChI is InChI=1S/C14H19NO2/c1-2-17-13(16)14(10-15)8-12(9-14)11-6-4-3-5-7-11/h3-7,12H,2,8-10,15H2,1H3. The molecular weight excluding hydrogens is 214 g/mol. The maximum Gasteiger partial charge on any atom is 0.313 e. The first kappa shape index (κ1) is 12.1. The number of carbonyl (C=O) groups is 1. The third-order valence-electron chi connectivity index (χ3n) is 3.64. The van der Waals surface area contributed by atoms with Gasteiger partial charge in [-0.25, -0.2) is 0 Å². The molecule has 1 aliphatic carbocycles. The van der Waals surface area contributed by atoms with E-state index in [1.54, 1.807) is 0 Å². The molecule has 0 atom stereocenters. The van der Waals surface area contributed by atoms with Crippen LogP contribution in [0, 0.1) is 5.41 Å². The predicted molar refractivity (Wildman–Crippen MR) is 66.5 cm³/mol. The van der Waals surface area contributed by atoms with Gasteiger partial charge in [-0.3, -0.25) is 4.79 Å². The molecule has 0 aromatic heterocycles. The number of ether oxygens (including phenoxy) is 1. The molecule has 0 heterocycles. The highest BCUT2D eigenvalue weighted by molar-refractivity contribution is 5.78. The van der Waals surface area contributed by atoms with E-state index >= 15 is 0 Å². The number of hydrogen-bond acceptors (Lipinski definition) is 3. The van der Waals surface area contributed by atoms with Crippen LogP contribution < -0.4 is 5.73 Å². The van der Waals surface area contributed by atoms with Gasteiger partial charge in [0.25, 0.3) is 0 Å². The van der Waals surface area contributed by atoms with Crippen molar-refractivity contribution in [3.8, 4) is 0 Å². The van der Waals surface area contributed by atoms with Crippen LogP contribution >= 0.6 is 0 Å². The summed E-state index contributed by atoms with van der Waals surface area (Å²) in [5.74, 6) is 0.318.